The Hall–Kier alpha value is -0.610. The monoisotopic (exact) mass is 200 g/mol. The van der Waals surface area contributed by atoms with Crippen molar-refractivity contribution in [3.05, 3.63) is 0 Å². The summed E-state index contributed by atoms with van der Waals surface area (Å²) in [4.78, 5) is 13.0. The van der Waals surface area contributed by atoms with Gasteiger partial charge in [-0.3, -0.25) is 4.79 Å². The standard InChI is InChI=1S/C10H20N2O2/c1-7(2)12(3)6-9(10(13)14)11-8-4-5-8/h7-9,11H,4-6H2,1-3H3,(H,13,14). The van der Waals surface area contributed by atoms with Crippen LogP contribution in [0.5, 0.6) is 0 Å². The van der Waals surface area contributed by atoms with Gasteiger partial charge in [0.25, 0.3) is 0 Å². The zero-order valence-corrected chi connectivity index (χ0v) is 9.16. The maximum absolute atomic E-state index is 10.9. The lowest BCUT2D eigenvalue weighted by atomic mass is 10.2. The summed E-state index contributed by atoms with van der Waals surface area (Å²) in [7, 11) is 1.95. The van der Waals surface area contributed by atoms with E-state index >= 15 is 0 Å². The molecule has 0 radical (unpaired) electrons. The number of carboxylic acid groups (broad SMARTS) is 1. The third-order valence-corrected chi connectivity index (χ3v) is 2.66. The molecule has 2 N–H and O–H groups in total. The van der Waals surface area contributed by atoms with Gasteiger partial charge in [0.05, 0.1) is 0 Å². The van der Waals surface area contributed by atoms with E-state index in [-0.39, 0.29) is 0 Å². The lowest BCUT2D eigenvalue weighted by Gasteiger charge is -2.25. The molecule has 0 aromatic heterocycles. The number of nitrogens with one attached hydrogen (secondary N) is 1. The van der Waals surface area contributed by atoms with Crippen LogP contribution in [0, 0.1) is 0 Å². The fourth-order valence-corrected chi connectivity index (χ4v) is 1.24. The zero-order chi connectivity index (χ0) is 10.7. The summed E-state index contributed by atoms with van der Waals surface area (Å²) in [6.07, 6.45) is 2.24. The number of aliphatic carboxylic acids is 1. The fraction of sp³-hybridized carbons (Fsp3) is 0.900. The second kappa shape index (κ2) is 4.75. The van der Waals surface area contributed by atoms with Gasteiger partial charge in [0, 0.05) is 18.6 Å². The van der Waals surface area contributed by atoms with E-state index in [0.29, 0.717) is 18.6 Å². The Bertz CT molecular complexity index is 202. The van der Waals surface area contributed by atoms with Gasteiger partial charge in [-0.1, -0.05) is 0 Å². The van der Waals surface area contributed by atoms with Crippen molar-refractivity contribution in [2.45, 2.75) is 44.8 Å². The van der Waals surface area contributed by atoms with Crippen LogP contribution in [-0.4, -0.2) is 47.7 Å². The number of carboxylic acids is 1. The van der Waals surface area contributed by atoms with Crippen molar-refractivity contribution in [3.63, 3.8) is 0 Å². The molecule has 1 atom stereocenters. The number of carbonyl (C=O) groups is 1. The molecule has 14 heavy (non-hydrogen) atoms. The van der Waals surface area contributed by atoms with E-state index < -0.39 is 12.0 Å². The quantitative estimate of drug-likeness (QED) is 0.657. The van der Waals surface area contributed by atoms with Crippen LogP contribution in [0.25, 0.3) is 0 Å². The highest BCUT2D eigenvalue weighted by Crippen LogP contribution is 2.19. The predicted octanol–water partition coefficient (Wildman–Crippen LogP) is 0.532. The summed E-state index contributed by atoms with van der Waals surface area (Å²) >= 11 is 0. The average molecular weight is 200 g/mol. The van der Waals surface area contributed by atoms with E-state index in [2.05, 4.69) is 19.2 Å². The van der Waals surface area contributed by atoms with Crippen LogP contribution >= 0.6 is 0 Å². The van der Waals surface area contributed by atoms with Crippen molar-refractivity contribution in [2.75, 3.05) is 13.6 Å². The van der Waals surface area contributed by atoms with Crippen LogP contribution in [0.2, 0.25) is 0 Å². The Balaban J connectivity index is 2.37. The molecule has 0 amide bonds. The molecule has 0 heterocycles. The first kappa shape index (κ1) is 11.5. The molecular formula is C10H20N2O2. The number of hydrogen-bond donors (Lipinski definition) is 2. The van der Waals surface area contributed by atoms with Gasteiger partial charge in [-0.05, 0) is 33.7 Å². The highest BCUT2D eigenvalue weighted by molar-refractivity contribution is 5.73. The van der Waals surface area contributed by atoms with E-state index in [0.717, 1.165) is 12.8 Å². The van der Waals surface area contributed by atoms with Crippen LogP contribution < -0.4 is 5.32 Å². The molecule has 0 saturated heterocycles. The molecule has 4 nitrogen and oxygen atoms in total. The number of rotatable bonds is 6. The smallest absolute Gasteiger partial charge is 0.322 e. The molecule has 1 aliphatic rings. The van der Waals surface area contributed by atoms with E-state index in [1.54, 1.807) is 0 Å². The maximum atomic E-state index is 10.9. The molecule has 0 bridgehead atoms. The van der Waals surface area contributed by atoms with Gasteiger partial charge >= 0.3 is 5.97 Å². The molecule has 1 fully saturated rings. The van der Waals surface area contributed by atoms with Crippen molar-refractivity contribution in [3.8, 4) is 0 Å². The molecule has 1 rings (SSSR count). The lowest BCUT2D eigenvalue weighted by Crippen LogP contribution is -2.47. The van der Waals surface area contributed by atoms with Crippen LogP contribution in [0.4, 0.5) is 0 Å². The van der Waals surface area contributed by atoms with Crippen molar-refractivity contribution in [2.24, 2.45) is 0 Å². The zero-order valence-electron chi connectivity index (χ0n) is 9.16. The molecule has 1 unspecified atom stereocenters. The minimum Gasteiger partial charge on any atom is -0.480 e. The van der Waals surface area contributed by atoms with Crippen molar-refractivity contribution in [1.29, 1.82) is 0 Å². The summed E-state index contributed by atoms with van der Waals surface area (Å²) in [5.41, 5.74) is 0. The molecule has 4 heteroatoms. The molecule has 1 saturated carbocycles. The predicted molar refractivity (Wildman–Crippen MR) is 55.3 cm³/mol. The second-order valence-corrected chi connectivity index (χ2v) is 4.37. The first-order valence-corrected chi connectivity index (χ1v) is 5.19. The SMILES string of the molecule is CC(C)N(C)CC(NC1CC1)C(=O)O. The molecule has 1 aliphatic carbocycles. The third kappa shape index (κ3) is 3.64. The fourth-order valence-electron chi connectivity index (χ4n) is 1.24. The van der Waals surface area contributed by atoms with Gasteiger partial charge in [0.1, 0.15) is 6.04 Å². The maximum Gasteiger partial charge on any atom is 0.322 e. The van der Waals surface area contributed by atoms with Gasteiger partial charge in [-0.25, -0.2) is 0 Å². The van der Waals surface area contributed by atoms with Gasteiger partial charge in [-0.15, -0.1) is 0 Å². The summed E-state index contributed by atoms with van der Waals surface area (Å²) in [5.74, 6) is -0.746. The Morgan fingerprint density at radius 3 is 2.50 bits per heavy atom. The topological polar surface area (TPSA) is 52.6 Å². The molecule has 0 aromatic rings. The van der Waals surface area contributed by atoms with E-state index in [9.17, 15) is 4.79 Å². The average Bonchev–Trinajstić information content (AvgIpc) is 2.86. The van der Waals surface area contributed by atoms with Crippen LogP contribution in [0.15, 0.2) is 0 Å². The summed E-state index contributed by atoms with van der Waals surface area (Å²) in [6.45, 7) is 4.70. The van der Waals surface area contributed by atoms with Crippen molar-refractivity contribution < 1.29 is 9.90 Å². The number of likely N-dealkylation sites (N-methyl/N-ethyl adjacent to an activating group) is 1. The van der Waals surface area contributed by atoms with Crippen molar-refractivity contribution in [1.82, 2.24) is 10.2 Å². The minimum atomic E-state index is -0.746. The molecule has 0 aromatic carbocycles. The van der Waals surface area contributed by atoms with Gasteiger partial charge in [-0.2, -0.15) is 0 Å². The Labute approximate surface area is 85.3 Å². The highest BCUT2D eigenvalue weighted by Gasteiger charge is 2.29. The first-order chi connectivity index (χ1) is 6.50. The van der Waals surface area contributed by atoms with Gasteiger partial charge < -0.3 is 15.3 Å². The minimum absolute atomic E-state index is 0.387. The van der Waals surface area contributed by atoms with Crippen LogP contribution in [0.1, 0.15) is 26.7 Å². The first-order valence-electron chi connectivity index (χ1n) is 5.19. The van der Waals surface area contributed by atoms with Crippen molar-refractivity contribution >= 4 is 5.97 Å². The molecule has 82 valence electrons. The van der Waals surface area contributed by atoms with Gasteiger partial charge in [0.15, 0.2) is 0 Å². The molecular weight excluding hydrogens is 180 g/mol. The Morgan fingerprint density at radius 1 is 1.57 bits per heavy atom. The summed E-state index contributed by atoms with van der Waals surface area (Å²) in [5, 5.41) is 12.1. The Morgan fingerprint density at radius 2 is 2.14 bits per heavy atom. The normalized spacial score (nSPS) is 18.9. The largest absolute Gasteiger partial charge is 0.480 e. The highest BCUT2D eigenvalue weighted by atomic mass is 16.4. The molecule has 0 spiro atoms. The van der Waals surface area contributed by atoms with E-state index in [4.69, 9.17) is 5.11 Å². The number of hydrogen-bond acceptors (Lipinski definition) is 3. The van der Waals surface area contributed by atoms with Crippen LogP contribution in [-0.2, 0) is 4.79 Å². The molecule has 0 aliphatic heterocycles. The third-order valence-electron chi connectivity index (χ3n) is 2.66. The van der Waals surface area contributed by atoms with E-state index in [1.807, 2.05) is 11.9 Å². The van der Waals surface area contributed by atoms with Gasteiger partial charge in [0.2, 0.25) is 0 Å². The van der Waals surface area contributed by atoms with E-state index in [1.165, 1.54) is 0 Å². The second-order valence-electron chi connectivity index (χ2n) is 4.37. The van der Waals surface area contributed by atoms with Crippen LogP contribution in [0.3, 0.4) is 0 Å². The summed E-state index contributed by atoms with van der Waals surface area (Å²) < 4.78 is 0. The summed E-state index contributed by atoms with van der Waals surface area (Å²) in [6, 6.07) is 0.407. The lowest BCUT2D eigenvalue weighted by molar-refractivity contribution is -0.140. The Kier molecular flexibility index (Phi) is 3.89. The number of nitrogens with zero attached hydrogens (tertiary/aromatic N) is 1.